The van der Waals surface area contributed by atoms with Gasteiger partial charge in [0.25, 0.3) is 0 Å². The molecule has 7 nitrogen and oxygen atoms in total. The Hall–Kier alpha value is -3.48. The number of hydrogen-bond donors (Lipinski definition) is 2. The molecule has 2 N–H and O–H groups in total. The van der Waals surface area contributed by atoms with Crippen LogP contribution in [0.5, 0.6) is 0 Å². The fraction of sp³-hybridized carbons (Fsp3) is 0.158. The zero-order valence-electron chi connectivity index (χ0n) is 14.1. The van der Waals surface area contributed by atoms with Gasteiger partial charge in [-0.05, 0) is 18.6 Å². The maximum Gasteiger partial charge on any atom is 0.313 e. The summed E-state index contributed by atoms with van der Waals surface area (Å²) in [4.78, 5) is 31.9. The second kappa shape index (κ2) is 8.57. The molecule has 0 aliphatic heterocycles. The second-order valence-corrected chi connectivity index (χ2v) is 5.62. The van der Waals surface area contributed by atoms with Crippen LogP contribution in [0.1, 0.15) is 6.42 Å². The second-order valence-electron chi connectivity index (χ2n) is 5.62. The smallest absolute Gasteiger partial charge is 0.313 e. The van der Waals surface area contributed by atoms with Crippen molar-refractivity contribution in [3.05, 3.63) is 67.3 Å². The molecule has 0 aliphatic rings. The summed E-state index contributed by atoms with van der Waals surface area (Å²) in [5, 5.41) is 5.12. The number of carbonyl (C=O) groups is 2. The molecule has 0 fully saturated rings. The molecule has 0 aliphatic carbocycles. The fourth-order valence-corrected chi connectivity index (χ4v) is 2.49. The number of hydrogen-bond acceptors (Lipinski definition) is 4. The Labute approximate surface area is 151 Å². The first-order chi connectivity index (χ1) is 12.7. The molecule has 0 spiro atoms. The predicted molar refractivity (Wildman–Crippen MR) is 98.2 cm³/mol. The highest BCUT2D eigenvalue weighted by Crippen LogP contribution is 2.16. The molecule has 2 heterocycles. The van der Waals surface area contributed by atoms with E-state index in [0.29, 0.717) is 25.2 Å². The van der Waals surface area contributed by atoms with E-state index in [1.165, 1.54) is 6.20 Å². The van der Waals surface area contributed by atoms with Crippen LogP contribution in [-0.2, 0) is 16.1 Å². The number of aromatic nitrogens is 3. The van der Waals surface area contributed by atoms with E-state index in [2.05, 4.69) is 20.6 Å². The number of nitrogens with one attached hydrogen (secondary N) is 2. The molecule has 26 heavy (non-hydrogen) atoms. The summed E-state index contributed by atoms with van der Waals surface area (Å²) in [6, 6.07) is 13.3. The molecule has 0 saturated heterocycles. The van der Waals surface area contributed by atoms with Gasteiger partial charge < -0.3 is 15.2 Å². The zero-order valence-corrected chi connectivity index (χ0v) is 14.1. The van der Waals surface area contributed by atoms with E-state index in [4.69, 9.17) is 0 Å². The molecular formula is C19H19N5O2. The summed E-state index contributed by atoms with van der Waals surface area (Å²) in [7, 11) is 0. The summed E-state index contributed by atoms with van der Waals surface area (Å²) in [5.41, 5.74) is 1.52. The third-order valence-electron chi connectivity index (χ3n) is 3.73. The number of pyridine rings is 1. The van der Waals surface area contributed by atoms with Crippen LogP contribution < -0.4 is 10.6 Å². The lowest BCUT2D eigenvalue weighted by atomic mass is 10.2. The average Bonchev–Trinajstić information content (AvgIpc) is 3.15. The van der Waals surface area contributed by atoms with Gasteiger partial charge in [0.15, 0.2) is 0 Å². The van der Waals surface area contributed by atoms with Crippen molar-refractivity contribution in [2.24, 2.45) is 0 Å². The van der Waals surface area contributed by atoms with E-state index in [1.54, 1.807) is 24.5 Å². The number of benzene rings is 1. The van der Waals surface area contributed by atoms with E-state index in [0.717, 1.165) is 11.4 Å². The molecule has 2 amide bonds. The maximum atomic E-state index is 11.8. The van der Waals surface area contributed by atoms with Crippen LogP contribution in [0.2, 0.25) is 0 Å². The number of rotatable bonds is 6. The molecule has 0 radical (unpaired) electrons. The first-order valence-corrected chi connectivity index (χ1v) is 8.30. The van der Waals surface area contributed by atoms with E-state index >= 15 is 0 Å². The summed E-state index contributed by atoms with van der Waals surface area (Å²) in [5.74, 6) is -0.486. The third-order valence-corrected chi connectivity index (χ3v) is 3.73. The molecule has 3 aromatic rings. The fourth-order valence-electron chi connectivity index (χ4n) is 2.49. The van der Waals surface area contributed by atoms with Crippen molar-refractivity contribution in [2.75, 3.05) is 11.9 Å². The van der Waals surface area contributed by atoms with Gasteiger partial charge in [-0.25, -0.2) is 4.98 Å². The molecule has 0 atom stereocenters. The minimum atomic E-state index is -0.703. The summed E-state index contributed by atoms with van der Waals surface area (Å²) in [6.07, 6.45) is 7.41. The number of imidazole rings is 1. The maximum absolute atomic E-state index is 11.8. The first-order valence-electron chi connectivity index (χ1n) is 8.30. The normalized spacial score (nSPS) is 10.3. The van der Waals surface area contributed by atoms with Gasteiger partial charge in [-0.3, -0.25) is 14.6 Å². The molecule has 0 saturated carbocycles. The van der Waals surface area contributed by atoms with E-state index in [1.807, 2.05) is 41.1 Å². The van der Waals surface area contributed by atoms with Crippen molar-refractivity contribution < 1.29 is 9.59 Å². The average molecular weight is 349 g/mol. The Kier molecular flexibility index (Phi) is 5.72. The molecular weight excluding hydrogens is 330 g/mol. The van der Waals surface area contributed by atoms with Crippen LogP contribution >= 0.6 is 0 Å². The SMILES string of the molecule is O=C(NCCCn1ccnc1-c1ccccc1)C(=O)Nc1cccnc1. The lowest BCUT2D eigenvalue weighted by Gasteiger charge is -2.09. The van der Waals surface area contributed by atoms with Gasteiger partial charge in [0.05, 0.1) is 11.9 Å². The molecule has 3 rings (SSSR count). The number of carbonyl (C=O) groups excluding carboxylic acids is 2. The highest BCUT2D eigenvalue weighted by Gasteiger charge is 2.13. The van der Waals surface area contributed by atoms with Crippen molar-refractivity contribution in [1.82, 2.24) is 19.9 Å². The number of anilines is 1. The monoisotopic (exact) mass is 349 g/mol. The first kappa shape index (κ1) is 17.3. The molecule has 2 aromatic heterocycles. The van der Waals surface area contributed by atoms with Crippen LogP contribution in [0.25, 0.3) is 11.4 Å². The number of amides is 2. The summed E-state index contributed by atoms with van der Waals surface area (Å²) in [6.45, 7) is 1.08. The van der Waals surface area contributed by atoms with Gasteiger partial charge in [-0.15, -0.1) is 0 Å². The third kappa shape index (κ3) is 4.54. The Bertz CT molecular complexity index is 862. The molecule has 132 valence electrons. The van der Waals surface area contributed by atoms with Crippen LogP contribution in [0.3, 0.4) is 0 Å². The lowest BCUT2D eigenvalue weighted by molar-refractivity contribution is -0.136. The summed E-state index contributed by atoms with van der Waals surface area (Å²) < 4.78 is 2.02. The molecule has 0 bridgehead atoms. The molecule has 1 aromatic carbocycles. The summed E-state index contributed by atoms with van der Waals surface area (Å²) >= 11 is 0. The lowest BCUT2D eigenvalue weighted by Crippen LogP contribution is -2.36. The van der Waals surface area contributed by atoms with E-state index < -0.39 is 11.8 Å². The number of nitrogens with zero attached hydrogens (tertiary/aromatic N) is 3. The van der Waals surface area contributed by atoms with Crippen molar-refractivity contribution >= 4 is 17.5 Å². The van der Waals surface area contributed by atoms with Crippen molar-refractivity contribution in [3.63, 3.8) is 0 Å². The Morgan fingerprint density at radius 2 is 1.85 bits per heavy atom. The van der Waals surface area contributed by atoms with Crippen molar-refractivity contribution in [1.29, 1.82) is 0 Å². The highest BCUT2D eigenvalue weighted by atomic mass is 16.2. The predicted octanol–water partition coefficient (Wildman–Crippen LogP) is 2.09. The van der Waals surface area contributed by atoms with Gasteiger partial charge in [-0.2, -0.15) is 0 Å². The largest absolute Gasteiger partial charge is 0.348 e. The van der Waals surface area contributed by atoms with E-state index in [-0.39, 0.29) is 0 Å². The van der Waals surface area contributed by atoms with Gasteiger partial charge in [0.2, 0.25) is 0 Å². The van der Waals surface area contributed by atoms with Gasteiger partial charge in [0, 0.05) is 37.2 Å². The topological polar surface area (TPSA) is 88.9 Å². The van der Waals surface area contributed by atoms with Crippen molar-refractivity contribution in [2.45, 2.75) is 13.0 Å². The van der Waals surface area contributed by atoms with E-state index in [9.17, 15) is 9.59 Å². The Balaban J connectivity index is 1.45. The van der Waals surface area contributed by atoms with Crippen LogP contribution in [0.4, 0.5) is 5.69 Å². The standard InChI is InChI=1S/C19H19N5O2/c25-18(19(26)23-16-8-4-9-20-14-16)22-10-5-12-24-13-11-21-17(24)15-6-2-1-3-7-15/h1-4,6-9,11,13-14H,5,10,12H2,(H,22,25)(H,23,26). The van der Waals surface area contributed by atoms with Gasteiger partial charge in [0.1, 0.15) is 5.82 Å². The van der Waals surface area contributed by atoms with Gasteiger partial charge >= 0.3 is 11.8 Å². The quantitative estimate of drug-likeness (QED) is 0.527. The molecule has 0 unspecified atom stereocenters. The highest BCUT2D eigenvalue weighted by molar-refractivity contribution is 6.39. The molecule has 7 heteroatoms. The Morgan fingerprint density at radius 3 is 2.62 bits per heavy atom. The zero-order chi connectivity index (χ0) is 18.2. The van der Waals surface area contributed by atoms with Crippen LogP contribution in [-0.4, -0.2) is 32.9 Å². The Morgan fingerprint density at radius 1 is 1.00 bits per heavy atom. The van der Waals surface area contributed by atoms with Gasteiger partial charge in [-0.1, -0.05) is 30.3 Å². The van der Waals surface area contributed by atoms with Crippen molar-refractivity contribution in [3.8, 4) is 11.4 Å². The minimum absolute atomic E-state index is 0.395. The van der Waals surface area contributed by atoms with Crippen LogP contribution in [0, 0.1) is 0 Å². The number of aryl methyl sites for hydroxylation is 1. The minimum Gasteiger partial charge on any atom is -0.348 e. The van der Waals surface area contributed by atoms with Crippen LogP contribution in [0.15, 0.2) is 67.3 Å².